The molecular weight excluding hydrogens is 378 g/mol. The monoisotopic (exact) mass is 391 g/mol. The van der Waals surface area contributed by atoms with Crippen LogP contribution in [-0.2, 0) is 15.6 Å². The van der Waals surface area contributed by atoms with Crippen LogP contribution in [0.4, 0.5) is 5.69 Å². The van der Waals surface area contributed by atoms with Crippen molar-refractivity contribution in [1.29, 1.82) is 0 Å². The van der Waals surface area contributed by atoms with Crippen molar-refractivity contribution in [2.75, 3.05) is 6.26 Å². The summed E-state index contributed by atoms with van der Waals surface area (Å²) in [5.74, 6) is 0.809. The number of non-ortho nitro benzene ring substituents is 1. The van der Waals surface area contributed by atoms with Gasteiger partial charge in [0.25, 0.3) is 10.9 Å². The van der Waals surface area contributed by atoms with Crippen LogP contribution >= 0.6 is 11.8 Å². The lowest BCUT2D eigenvalue weighted by Gasteiger charge is -1.99. The molecule has 0 aliphatic carbocycles. The molecule has 26 heavy (non-hydrogen) atoms. The zero-order chi connectivity index (χ0) is 18.7. The molecule has 8 nitrogen and oxygen atoms in total. The van der Waals surface area contributed by atoms with Crippen molar-refractivity contribution in [3.63, 3.8) is 0 Å². The second-order valence-electron chi connectivity index (χ2n) is 5.38. The van der Waals surface area contributed by atoms with Crippen LogP contribution in [0.25, 0.3) is 11.5 Å². The highest BCUT2D eigenvalue weighted by atomic mass is 32.2. The molecule has 3 rings (SSSR count). The molecule has 0 aliphatic rings. The molecule has 1 aromatic heterocycles. The van der Waals surface area contributed by atoms with Crippen LogP contribution in [0, 0.1) is 10.1 Å². The Bertz CT molecular complexity index is 1030. The van der Waals surface area contributed by atoms with E-state index in [1.807, 2.05) is 0 Å². The number of nitro benzene ring substituents is 1. The van der Waals surface area contributed by atoms with Crippen LogP contribution in [0.3, 0.4) is 0 Å². The molecule has 0 fully saturated rings. The first-order valence-corrected chi connectivity index (χ1v) is 10.2. The molecule has 0 radical (unpaired) electrons. The first kappa shape index (κ1) is 18.1. The highest BCUT2D eigenvalue weighted by Gasteiger charge is 2.12. The quantitative estimate of drug-likeness (QED) is 0.357. The van der Waals surface area contributed by atoms with Gasteiger partial charge in [-0.3, -0.25) is 10.1 Å². The van der Waals surface area contributed by atoms with Gasteiger partial charge in [-0.2, -0.15) is 0 Å². The third kappa shape index (κ3) is 4.27. The van der Waals surface area contributed by atoms with E-state index in [-0.39, 0.29) is 16.5 Å². The average molecular weight is 391 g/mol. The van der Waals surface area contributed by atoms with Gasteiger partial charge in [-0.15, -0.1) is 10.2 Å². The van der Waals surface area contributed by atoms with E-state index in [9.17, 15) is 18.5 Å². The fourth-order valence-electron chi connectivity index (χ4n) is 2.09. The number of rotatable bonds is 6. The lowest BCUT2D eigenvalue weighted by atomic mass is 10.2. The van der Waals surface area contributed by atoms with Gasteiger partial charge in [0.1, 0.15) is 0 Å². The Kier molecular flexibility index (Phi) is 5.05. The highest BCUT2D eigenvalue weighted by Crippen LogP contribution is 2.27. The molecule has 0 saturated heterocycles. The van der Waals surface area contributed by atoms with Crippen LogP contribution in [0.15, 0.2) is 63.1 Å². The molecule has 0 N–H and O–H groups in total. The van der Waals surface area contributed by atoms with Gasteiger partial charge in [-0.25, -0.2) is 8.42 Å². The first-order chi connectivity index (χ1) is 12.3. The molecule has 0 saturated carbocycles. The summed E-state index contributed by atoms with van der Waals surface area (Å²) in [6.07, 6.45) is 1.14. The van der Waals surface area contributed by atoms with E-state index >= 15 is 0 Å². The summed E-state index contributed by atoms with van der Waals surface area (Å²) in [4.78, 5) is 10.4. The fraction of sp³-hybridized carbons (Fsp3) is 0.125. The Morgan fingerprint density at radius 2 is 1.73 bits per heavy atom. The van der Waals surface area contributed by atoms with E-state index in [0.717, 1.165) is 11.8 Å². The number of nitrogens with zero attached hydrogens (tertiary/aromatic N) is 3. The second kappa shape index (κ2) is 7.26. The summed E-state index contributed by atoms with van der Waals surface area (Å²) in [5.41, 5.74) is 1.54. The number of thioether (sulfide) groups is 1. The van der Waals surface area contributed by atoms with E-state index < -0.39 is 14.8 Å². The summed E-state index contributed by atoms with van der Waals surface area (Å²) < 4.78 is 28.5. The Balaban J connectivity index is 1.67. The lowest BCUT2D eigenvalue weighted by Crippen LogP contribution is -1.96. The minimum absolute atomic E-state index is 0.0383. The second-order valence-corrected chi connectivity index (χ2v) is 8.32. The van der Waals surface area contributed by atoms with Crippen LogP contribution in [-0.4, -0.2) is 29.8 Å². The summed E-state index contributed by atoms with van der Waals surface area (Å²) in [6.45, 7) is 0. The minimum atomic E-state index is -3.26. The summed E-state index contributed by atoms with van der Waals surface area (Å²) in [6, 6.07) is 12.4. The molecule has 0 amide bonds. The van der Waals surface area contributed by atoms with Crippen molar-refractivity contribution >= 4 is 27.3 Å². The van der Waals surface area contributed by atoms with E-state index in [1.54, 1.807) is 24.3 Å². The van der Waals surface area contributed by atoms with Gasteiger partial charge in [-0.05, 0) is 29.8 Å². The average Bonchev–Trinajstić information content (AvgIpc) is 3.09. The lowest BCUT2D eigenvalue weighted by molar-refractivity contribution is -0.384. The smallest absolute Gasteiger partial charge is 0.277 e. The molecular formula is C16H13N3O5S2. The van der Waals surface area contributed by atoms with Gasteiger partial charge in [0, 0.05) is 29.7 Å². The molecule has 2 aromatic carbocycles. The predicted molar refractivity (Wildman–Crippen MR) is 95.5 cm³/mol. The van der Waals surface area contributed by atoms with E-state index in [1.165, 1.54) is 36.0 Å². The van der Waals surface area contributed by atoms with Crippen molar-refractivity contribution in [3.8, 4) is 11.5 Å². The van der Waals surface area contributed by atoms with Crippen molar-refractivity contribution < 1.29 is 17.8 Å². The predicted octanol–water partition coefficient (Wildman–Crippen LogP) is 3.34. The van der Waals surface area contributed by atoms with Gasteiger partial charge >= 0.3 is 0 Å². The molecule has 0 unspecified atom stereocenters. The molecule has 10 heteroatoms. The van der Waals surface area contributed by atoms with Gasteiger partial charge < -0.3 is 4.42 Å². The molecule has 1 heterocycles. The largest absolute Gasteiger partial charge is 0.411 e. The van der Waals surface area contributed by atoms with E-state index in [0.29, 0.717) is 16.5 Å². The maximum absolute atomic E-state index is 11.5. The topological polar surface area (TPSA) is 116 Å². The Labute approximate surface area is 153 Å². The SMILES string of the molecule is CS(=O)(=O)c1ccc(-c2nnc(SCc3ccc([N+](=O)[O-])cc3)o2)cc1. The van der Waals surface area contributed by atoms with Crippen LogP contribution in [0.5, 0.6) is 0 Å². The van der Waals surface area contributed by atoms with E-state index in [2.05, 4.69) is 10.2 Å². The molecule has 3 aromatic rings. The number of benzene rings is 2. The van der Waals surface area contributed by atoms with Gasteiger partial charge in [0.2, 0.25) is 5.89 Å². The number of hydrogen-bond acceptors (Lipinski definition) is 8. The van der Waals surface area contributed by atoms with Crippen molar-refractivity contribution in [2.24, 2.45) is 0 Å². The van der Waals surface area contributed by atoms with Crippen molar-refractivity contribution in [1.82, 2.24) is 10.2 Å². The van der Waals surface area contributed by atoms with Crippen LogP contribution in [0.2, 0.25) is 0 Å². The maximum atomic E-state index is 11.5. The van der Waals surface area contributed by atoms with Crippen LogP contribution < -0.4 is 0 Å². The zero-order valence-corrected chi connectivity index (χ0v) is 15.2. The third-order valence-electron chi connectivity index (χ3n) is 3.45. The normalized spacial score (nSPS) is 11.4. The van der Waals surface area contributed by atoms with Crippen molar-refractivity contribution in [2.45, 2.75) is 15.9 Å². The Hall–Kier alpha value is -2.72. The zero-order valence-electron chi connectivity index (χ0n) is 13.5. The van der Waals surface area contributed by atoms with Gasteiger partial charge in [-0.1, -0.05) is 23.9 Å². The number of hydrogen-bond donors (Lipinski definition) is 0. The molecule has 0 atom stereocenters. The van der Waals surface area contributed by atoms with Gasteiger partial charge in [0.05, 0.1) is 9.82 Å². The number of sulfone groups is 1. The van der Waals surface area contributed by atoms with Gasteiger partial charge in [0.15, 0.2) is 9.84 Å². The molecule has 134 valence electrons. The molecule has 0 bridgehead atoms. The summed E-state index contributed by atoms with van der Waals surface area (Å²) in [5, 5.41) is 18.9. The minimum Gasteiger partial charge on any atom is -0.411 e. The number of aromatic nitrogens is 2. The van der Waals surface area contributed by atoms with Crippen LogP contribution in [0.1, 0.15) is 5.56 Å². The Morgan fingerprint density at radius 1 is 1.08 bits per heavy atom. The first-order valence-electron chi connectivity index (χ1n) is 7.33. The number of nitro groups is 1. The third-order valence-corrected chi connectivity index (χ3v) is 5.46. The molecule has 0 aliphatic heterocycles. The summed E-state index contributed by atoms with van der Waals surface area (Å²) in [7, 11) is -3.26. The Morgan fingerprint density at radius 3 is 2.31 bits per heavy atom. The maximum Gasteiger partial charge on any atom is 0.277 e. The van der Waals surface area contributed by atoms with Crippen molar-refractivity contribution in [3.05, 3.63) is 64.2 Å². The molecule has 0 spiro atoms. The highest BCUT2D eigenvalue weighted by molar-refractivity contribution is 7.98. The fourth-order valence-corrected chi connectivity index (χ4v) is 3.44. The van der Waals surface area contributed by atoms with E-state index in [4.69, 9.17) is 4.42 Å². The standard InChI is InChI=1S/C16H13N3O5S2/c1-26(22,23)14-8-4-12(5-9-14)15-17-18-16(24-15)25-10-11-2-6-13(7-3-11)19(20)21/h2-9H,10H2,1H3. The summed E-state index contributed by atoms with van der Waals surface area (Å²) >= 11 is 1.30.